The van der Waals surface area contributed by atoms with Gasteiger partial charge in [0.15, 0.2) is 0 Å². The zero-order chi connectivity index (χ0) is 6.62. The molecule has 0 aliphatic rings. The summed E-state index contributed by atoms with van der Waals surface area (Å²) in [7, 11) is 4.84. The summed E-state index contributed by atoms with van der Waals surface area (Å²) >= 11 is 0. The van der Waals surface area contributed by atoms with E-state index in [0.717, 1.165) is 0 Å². The summed E-state index contributed by atoms with van der Waals surface area (Å²) in [6.07, 6.45) is -4.65. The van der Waals surface area contributed by atoms with E-state index in [0.29, 0.717) is 0 Å². The van der Waals surface area contributed by atoms with Gasteiger partial charge in [-0.1, -0.05) is 12.7 Å². The maximum Gasteiger partial charge on any atom is 0.389 e. The van der Waals surface area contributed by atoms with Crippen molar-refractivity contribution >= 4 is 7.85 Å². The molecular weight excluding hydrogens is 116 g/mol. The van der Waals surface area contributed by atoms with Gasteiger partial charge in [-0.05, 0) is 0 Å². The second-order valence-electron chi connectivity index (χ2n) is 1.51. The lowest BCUT2D eigenvalue weighted by Gasteiger charge is -2.02. The summed E-state index contributed by atoms with van der Waals surface area (Å²) < 4.78 is 33.6. The van der Waals surface area contributed by atoms with Crippen molar-refractivity contribution in [2.75, 3.05) is 0 Å². The van der Waals surface area contributed by atoms with Gasteiger partial charge < -0.3 is 0 Å². The number of alkyl halides is 3. The van der Waals surface area contributed by atoms with E-state index in [-0.39, 0.29) is 12.7 Å². The fourth-order valence-electron chi connectivity index (χ4n) is 0.303. The third-order valence-corrected chi connectivity index (χ3v) is 0.664. The summed E-state index contributed by atoms with van der Waals surface area (Å²) in [4.78, 5) is 0. The van der Waals surface area contributed by atoms with Gasteiger partial charge in [-0.25, -0.2) is 0 Å². The van der Waals surface area contributed by atoms with Gasteiger partial charge in [0.25, 0.3) is 0 Å². The Hall–Kier alpha value is -0.145. The van der Waals surface area contributed by atoms with Crippen LogP contribution in [0.5, 0.6) is 0 Å². The van der Waals surface area contributed by atoms with Crippen LogP contribution in [0.25, 0.3) is 0 Å². The molecule has 0 bridgehead atoms. The van der Waals surface area contributed by atoms with Gasteiger partial charge in [-0.2, -0.15) is 13.2 Å². The first-order chi connectivity index (χ1) is 3.56. The summed E-state index contributed by atoms with van der Waals surface area (Å²) in [6.45, 7) is 0. The summed E-state index contributed by atoms with van der Waals surface area (Å²) in [5.41, 5.74) is 0. The number of halogens is 3. The lowest BCUT2D eigenvalue weighted by molar-refractivity contribution is -0.134. The zero-order valence-corrected chi connectivity index (χ0v) is 4.33. The Bertz CT molecular complexity index is 58.8. The van der Waals surface area contributed by atoms with E-state index >= 15 is 0 Å². The highest BCUT2D eigenvalue weighted by molar-refractivity contribution is 6.08. The van der Waals surface area contributed by atoms with Crippen molar-refractivity contribution in [2.45, 2.75) is 25.3 Å². The van der Waals surface area contributed by atoms with Crippen LogP contribution in [0.4, 0.5) is 13.2 Å². The molecule has 0 nitrogen and oxygen atoms in total. The number of hydrogen-bond donors (Lipinski definition) is 0. The minimum absolute atomic E-state index is 0.0312. The molecule has 0 fully saturated rings. The fraction of sp³-hybridized carbons (Fsp3) is 1.00. The lowest BCUT2D eigenvalue weighted by Crippen LogP contribution is -2.05. The Morgan fingerprint density at radius 1 is 1.25 bits per heavy atom. The molecule has 0 spiro atoms. The molecule has 0 N–H and O–H groups in total. The highest BCUT2D eigenvalue weighted by Crippen LogP contribution is 2.21. The van der Waals surface area contributed by atoms with Gasteiger partial charge in [0.2, 0.25) is 0 Å². The molecule has 0 rings (SSSR count). The Kier molecular flexibility index (Phi) is 2.94. The molecule has 46 valence electrons. The molecule has 0 aromatic carbocycles. The van der Waals surface area contributed by atoms with Crippen LogP contribution in [0.1, 0.15) is 12.8 Å². The molecule has 0 aromatic heterocycles. The van der Waals surface area contributed by atoms with Gasteiger partial charge in [0, 0.05) is 6.42 Å². The van der Waals surface area contributed by atoms with E-state index in [4.69, 9.17) is 7.85 Å². The molecule has 4 heteroatoms. The Morgan fingerprint density at radius 2 is 1.75 bits per heavy atom. The molecule has 0 saturated heterocycles. The maximum atomic E-state index is 11.2. The van der Waals surface area contributed by atoms with Crippen molar-refractivity contribution in [3.8, 4) is 0 Å². The number of hydrogen-bond acceptors (Lipinski definition) is 0. The molecule has 0 aliphatic heterocycles. The summed E-state index contributed by atoms with van der Waals surface area (Å²) in [5, 5.41) is 0. The second-order valence-corrected chi connectivity index (χ2v) is 1.51. The molecule has 0 saturated carbocycles. The minimum atomic E-state index is -4.03. The maximum absolute atomic E-state index is 11.2. The van der Waals surface area contributed by atoms with Crippen molar-refractivity contribution in [3.63, 3.8) is 0 Å². The monoisotopic (exact) mass is 122 g/mol. The van der Waals surface area contributed by atoms with E-state index in [9.17, 15) is 13.2 Å². The van der Waals surface area contributed by atoms with Crippen molar-refractivity contribution in [1.29, 1.82) is 0 Å². The molecule has 0 atom stereocenters. The van der Waals surface area contributed by atoms with Gasteiger partial charge in [-0.3, -0.25) is 0 Å². The normalized spacial score (nSPS) is 11.9. The topological polar surface area (TPSA) is 0 Å². The van der Waals surface area contributed by atoms with Gasteiger partial charge in [0.1, 0.15) is 0 Å². The lowest BCUT2D eigenvalue weighted by atomic mass is 10.0. The van der Waals surface area contributed by atoms with E-state index in [1.165, 1.54) is 0 Å². The molecule has 8 heavy (non-hydrogen) atoms. The van der Waals surface area contributed by atoms with Gasteiger partial charge >= 0.3 is 6.18 Å². The van der Waals surface area contributed by atoms with Crippen molar-refractivity contribution in [2.24, 2.45) is 0 Å². The fourth-order valence-corrected chi connectivity index (χ4v) is 0.303. The predicted octanol–water partition coefficient (Wildman–Crippen LogP) is 1.92. The quantitative estimate of drug-likeness (QED) is 0.490. The van der Waals surface area contributed by atoms with Crippen LogP contribution in [-0.2, 0) is 0 Å². The molecule has 0 unspecified atom stereocenters. The second kappa shape index (κ2) is 3.00. The zero-order valence-electron chi connectivity index (χ0n) is 4.33. The van der Waals surface area contributed by atoms with Crippen LogP contribution < -0.4 is 0 Å². The average Bonchev–Trinajstić information content (AvgIpc) is 1.59. The Labute approximate surface area is 47.5 Å². The molecule has 0 aliphatic carbocycles. The van der Waals surface area contributed by atoms with E-state index in [2.05, 4.69) is 0 Å². The highest BCUT2D eigenvalue weighted by Gasteiger charge is 2.25. The third-order valence-electron chi connectivity index (χ3n) is 0.664. The third kappa shape index (κ3) is 5.85. The molecule has 0 heterocycles. The Balaban J connectivity index is 3.11. The first kappa shape index (κ1) is 7.85. The van der Waals surface area contributed by atoms with E-state index < -0.39 is 12.6 Å². The minimum Gasteiger partial charge on any atom is -0.171 e. The summed E-state index contributed by atoms with van der Waals surface area (Å²) in [5.74, 6) is 0. The first-order valence-electron chi connectivity index (χ1n) is 2.33. The van der Waals surface area contributed by atoms with Crippen LogP contribution in [0.15, 0.2) is 0 Å². The standard InChI is InChI=1S/C4H6BF3/c5-3-1-2-4(6,7)8/h1-3H2. The van der Waals surface area contributed by atoms with Crippen molar-refractivity contribution in [3.05, 3.63) is 0 Å². The Morgan fingerprint density at radius 3 is 1.88 bits per heavy atom. The van der Waals surface area contributed by atoms with Crippen LogP contribution in [0.3, 0.4) is 0 Å². The van der Waals surface area contributed by atoms with Gasteiger partial charge in [-0.15, -0.1) is 0 Å². The van der Waals surface area contributed by atoms with Gasteiger partial charge in [0.05, 0.1) is 7.85 Å². The van der Waals surface area contributed by atoms with Crippen LogP contribution >= 0.6 is 0 Å². The van der Waals surface area contributed by atoms with Crippen LogP contribution in [0.2, 0.25) is 6.32 Å². The van der Waals surface area contributed by atoms with E-state index in [1.54, 1.807) is 0 Å². The highest BCUT2D eigenvalue weighted by atomic mass is 19.4. The predicted molar refractivity (Wildman–Crippen MR) is 25.8 cm³/mol. The SMILES string of the molecule is [B]CCCC(F)(F)F. The van der Waals surface area contributed by atoms with E-state index in [1.807, 2.05) is 0 Å². The smallest absolute Gasteiger partial charge is 0.171 e. The number of rotatable bonds is 2. The van der Waals surface area contributed by atoms with Crippen LogP contribution in [-0.4, -0.2) is 14.0 Å². The largest absolute Gasteiger partial charge is 0.389 e. The molecular formula is C4H6BF3. The molecule has 0 amide bonds. The van der Waals surface area contributed by atoms with Crippen molar-refractivity contribution in [1.82, 2.24) is 0 Å². The molecule has 0 aromatic rings. The van der Waals surface area contributed by atoms with Crippen molar-refractivity contribution < 1.29 is 13.2 Å². The average molecular weight is 122 g/mol. The molecule has 2 radical (unpaired) electrons. The first-order valence-corrected chi connectivity index (χ1v) is 2.33. The summed E-state index contributed by atoms with van der Waals surface area (Å²) in [6, 6.07) is 0. The van der Waals surface area contributed by atoms with Crippen LogP contribution in [0, 0.1) is 0 Å².